The summed E-state index contributed by atoms with van der Waals surface area (Å²) < 4.78 is 25.8. The molecule has 1 aliphatic heterocycles. The number of aromatic nitrogens is 3. The highest BCUT2D eigenvalue weighted by Gasteiger charge is 2.23. The van der Waals surface area contributed by atoms with Gasteiger partial charge in [-0.15, -0.1) is 0 Å². The first-order valence-electron chi connectivity index (χ1n) is 12.1. The van der Waals surface area contributed by atoms with Gasteiger partial charge in [-0.25, -0.2) is 14.4 Å². The zero-order valence-electron chi connectivity index (χ0n) is 21.1. The van der Waals surface area contributed by atoms with Crippen molar-refractivity contribution in [1.82, 2.24) is 19.9 Å². The number of likely N-dealkylation sites (N-methyl/N-ethyl adjacent to an activating group) is 1. The average molecular weight is 515 g/mol. The molecule has 38 heavy (non-hydrogen) atoms. The molecule has 0 saturated carbocycles. The lowest BCUT2D eigenvalue weighted by Crippen LogP contribution is -2.22. The fourth-order valence-electron chi connectivity index (χ4n) is 4.38. The smallest absolute Gasteiger partial charge is 0.247 e. The Morgan fingerprint density at radius 3 is 2.79 bits per heavy atom. The van der Waals surface area contributed by atoms with E-state index in [0.29, 0.717) is 44.9 Å². The van der Waals surface area contributed by atoms with Crippen LogP contribution < -0.4 is 20.1 Å². The predicted octanol–water partition coefficient (Wildman–Crippen LogP) is 4.79. The van der Waals surface area contributed by atoms with Crippen LogP contribution in [0.2, 0.25) is 0 Å². The van der Waals surface area contributed by atoms with Crippen LogP contribution in [-0.2, 0) is 4.79 Å². The van der Waals surface area contributed by atoms with Gasteiger partial charge in [0.1, 0.15) is 23.4 Å². The molecular weight excluding hydrogens is 487 g/mol. The van der Waals surface area contributed by atoms with Gasteiger partial charge in [-0.3, -0.25) is 9.78 Å². The number of halogens is 1. The monoisotopic (exact) mass is 514 g/mol. The number of carbonyl (C=O) groups is 1. The van der Waals surface area contributed by atoms with Crippen LogP contribution in [0, 0.1) is 5.82 Å². The summed E-state index contributed by atoms with van der Waals surface area (Å²) in [5.41, 5.74) is 2.90. The molecule has 9 nitrogen and oxygen atoms in total. The van der Waals surface area contributed by atoms with Gasteiger partial charge in [0.25, 0.3) is 0 Å². The maximum absolute atomic E-state index is 13.9. The number of benzene rings is 2. The number of hydrogen-bond acceptors (Lipinski definition) is 8. The molecule has 2 aromatic heterocycles. The molecule has 4 aromatic rings. The minimum absolute atomic E-state index is 0.0124. The Morgan fingerprint density at radius 1 is 1.18 bits per heavy atom. The van der Waals surface area contributed by atoms with Gasteiger partial charge in [-0.1, -0.05) is 18.7 Å². The van der Waals surface area contributed by atoms with E-state index in [-0.39, 0.29) is 23.8 Å². The van der Waals surface area contributed by atoms with Gasteiger partial charge >= 0.3 is 0 Å². The first-order chi connectivity index (χ1) is 18.4. The number of nitrogens with one attached hydrogen (secondary N) is 2. The average Bonchev–Trinajstić information content (AvgIpc) is 3.33. The highest BCUT2D eigenvalue weighted by molar-refractivity contribution is 6.00. The summed E-state index contributed by atoms with van der Waals surface area (Å²) in [7, 11) is 3.58. The third-order valence-electron chi connectivity index (χ3n) is 6.26. The van der Waals surface area contributed by atoms with E-state index < -0.39 is 0 Å². The zero-order valence-corrected chi connectivity index (χ0v) is 21.1. The van der Waals surface area contributed by atoms with E-state index >= 15 is 0 Å². The van der Waals surface area contributed by atoms with Gasteiger partial charge < -0.3 is 25.0 Å². The van der Waals surface area contributed by atoms with Crippen molar-refractivity contribution in [1.29, 1.82) is 0 Å². The minimum atomic E-state index is -0.372. The largest absolute Gasteiger partial charge is 0.494 e. The van der Waals surface area contributed by atoms with E-state index in [1.807, 2.05) is 7.05 Å². The number of fused-ring (bicyclic) bond motifs is 1. The number of likely N-dealkylation sites (tertiary alicyclic amines) is 1. The van der Waals surface area contributed by atoms with E-state index in [1.54, 1.807) is 50.0 Å². The second kappa shape index (κ2) is 10.8. The molecule has 0 aliphatic carbocycles. The van der Waals surface area contributed by atoms with E-state index in [2.05, 4.69) is 32.1 Å². The summed E-state index contributed by atoms with van der Waals surface area (Å²) in [4.78, 5) is 27.7. The van der Waals surface area contributed by atoms with Crippen molar-refractivity contribution in [3.63, 3.8) is 0 Å². The van der Waals surface area contributed by atoms with Crippen LogP contribution in [0.1, 0.15) is 6.42 Å². The normalized spacial score (nSPS) is 15.3. The van der Waals surface area contributed by atoms with Crippen molar-refractivity contribution < 1.29 is 18.7 Å². The Bertz CT molecular complexity index is 1510. The number of hydrogen-bond donors (Lipinski definition) is 2. The lowest BCUT2D eigenvalue weighted by Gasteiger charge is -2.20. The molecule has 2 N–H and O–H groups in total. The SMILES string of the molecule is C=CC(=O)Nc1cc(Nc2ncc3cncc(-c4cccc(F)c4)c3n2)c(OC)cc1OC1CCN(C)C1. The Balaban J connectivity index is 1.52. The first kappa shape index (κ1) is 25.1. The van der Waals surface area contributed by atoms with Gasteiger partial charge in [0.15, 0.2) is 0 Å². The van der Waals surface area contributed by atoms with Gasteiger partial charge in [0.05, 0.1) is 24.0 Å². The van der Waals surface area contributed by atoms with Gasteiger partial charge in [0, 0.05) is 48.7 Å². The number of ether oxygens (including phenoxy) is 2. The van der Waals surface area contributed by atoms with Crippen LogP contribution in [0.25, 0.3) is 22.0 Å². The molecular formula is C28H27FN6O3. The Kier molecular flexibility index (Phi) is 7.14. The molecule has 5 rings (SSSR count). The first-order valence-corrected chi connectivity index (χ1v) is 12.1. The summed E-state index contributed by atoms with van der Waals surface area (Å²) >= 11 is 0. The molecule has 1 fully saturated rings. The molecule has 0 radical (unpaired) electrons. The van der Waals surface area contributed by atoms with Crippen molar-refractivity contribution in [2.75, 3.05) is 37.9 Å². The highest BCUT2D eigenvalue weighted by atomic mass is 19.1. The third-order valence-corrected chi connectivity index (χ3v) is 6.26. The van der Waals surface area contributed by atoms with Gasteiger partial charge in [-0.05, 0) is 43.3 Å². The van der Waals surface area contributed by atoms with Crippen LogP contribution in [0.5, 0.6) is 11.5 Å². The summed E-state index contributed by atoms with van der Waals surface area (Å²) in [6.07, 6.45) is 6.99. The van der Waals surface area contributed by atoms with Gasteiger partial charge in [0.2, 0.25) is 11.9 Å². The van der Waals surface area contributed by atoms with Crippen LogP contribution >= 0.6 is 0 Å². The molecule has 1 atom stereocenters. The van der Waals surface area contributed by atoms with Crippen LogP contribution in [-0.4, -0.2) is 59.1 Å². The number of anilines is 3. The number of nitrogens with zero attached hydrogens (tertiary/aromatic N) is 4. The number of methoxy groups -OCH3 is 1. The number of carbonyl (C=O) groups excluding carboxylic acids is 1. The fourth-order valence-corrected chi connectivity index (χ4v) is 4.38. The molecule has 0 spiro atoms. The number of rotatable bonds is 8. The Morgan fingerprint density at radius 2 is 2.05 bits per heavy atom. The van der Waals surface area contributed by atoms with Crippen molar-refractivity contribution in [3.05, 3.63) is 73.5 Å². The molecule has 1 unspecified atom stereocenters. The van der Waals surface area contributed by atoms with Crippen molar-refractivity contribution in [3.8, 4) is 22.6 Å². The molecule has 0 bridgehead atoms. The van der Waals surface area contributed by atoms with E-state index in [4.69, 9.17) is 14.5 Å². The number of amides is 1. The molecule has 2 aromatic carbocycles. The molecule has 1 amide bonds. The second-order valence-corrected chi connectivity index (χ2v) is 8.99. The van der Waals surface area contributed by atoms with E-state index in [1.165, 1.54) is 18.2 Å². The van der Waals surface area contributed by atoms with Crippen molar-refractivity contribution >= 4 is 34.1 Å². The molecule has 1 aliphatic rings. The summed E-state index contributed by atoms with van der Waals surface area (Å²) in [5.74, 6) is 0.529. The lowest BCUT2D eigenvalue weighted by atomic mass is 10.1. The quantitative estimate of drug-likeness (QED) is 0.324. The topological polar surface area (TPSA) is 102 Å². The van der Waals surface area contributed by atoms with Crippen molar-refractivity contribution in [2.24, 2.45) is 0 Å². The fraction of sp³-hybridized carbons (Fsp3) is 0.214. The standard InChI is InChI=1S/C28H27FN6O3/c1-4-26(36)32-23-11-22(24(37-3)12-25(23)38-20-8-9-35(2)16-20)33-28-31-14-18-13-30-15-21(27(18)34-28)17-6-5-7-19(29)10-17/h4-7,10-15,20H,1,8-9,16H2,2-3H3,(H,32,36)(H,31,33,34). The summed E-state index contributed by atoms with van der Waals surface area (Å²) in [5, 5.41) is 6.70. The van der Waals surface area contributed by atoms with E-state index in [9.17, 15) is 9.18 Å². The summed E-state index contributed by atoms with van der Waals surface area (Å²) in [6.45, 7) is 5.26. The maximum atomic E-state index is 13.9. The van der Waals surface area contributed by atoms with Crippen LogP contribution in [0.3, 0.4) is 0 Å². The second-order valence-electron chi connectivity index (χ2n) is 8.99. The molecule has 10 heteroatoms. The van der Waals surface area contributed by atoms with Crippen LogP contribution in [0.15, 0.2) is 67.6 Å². The molecule has 194 valence electrons. The maximum Gasteiger partial charge on any atom is 0.247 e. The van der Waals surface area contributed by atoms with E-state index in [0.717, 1.165) is 19.5 Å². The minimum Gasteiger partial charge on any atom is -0.494 e. The Hall–Kier alpha value is -4.57. The predicted molar refractivity (Wildman–Crippen MR) is 144 cm³/mol. The van der Waals surface area contributed by atoms with Crippen molar-refractivity contribution in [2.45, 2.75) is 12.5 Å². The van der Waals surface area contributed by atoms with Gasteiger partial charge in [-0.2, -0.15) is 0 Å². The Labute approximate surface area is 219 Å². The van der Waals surface area contributed by atoms with Crippen LogP contribution in [0.4, 0.5) is 21.7 Å². The third kappa shape index (κ3) is 5.40. The summed E-state index contributed by atoms with van der Waals surface area (Å²) in [6, 6.07) is 9.69. The zero-order chi connectivity index (χ0) is 26.6. The molecule has 1 saturated heterocycles. The molecule has 3 heterocycles. The lowest BCUT2D eigenvalue weighted by molar-refractivity contribution is -0.111. The highest BCUT2D eigenvalue weighted by Crippen LogP contribution is 2.39. The number of pyridine rings is 1.